The molecule has 1 N–H and O–H groups in total. The summed E-state index contributed by atoms with van der Waals surface area (Å²) < 4.78 is 27.1. The molecule has 1 atom stereocenters. The molecule has 1 aromatic carbocycles. The summed E-state index contributed by atoms with van der Waals surface area (Å²) in [6, 6.07) is 7.09. The molecule has 2 rings (SSSR count). The van der Waals surface area contributed by atoms with Gasteiger partial charge >= 0.3 is 0 Å². The van der Waals surface area contributed by atoms with Crippen LogP contribution in [0.2, 0.25) is 0 Å². The lowest BCUT2D eigenvalue weighted by Crippen LogP contribution is -2.50. The Balaban J connectivity index is 1.94. The summed E-state index contributed by atoms with van der Waals surface area (Å²) in [5.41, 5.74) is 1.13. The SMILES string of the molecule is CC[C@H](C)c1ccc(S(=O)(=O)N2CCN(C(=O)CCNC(C)=O)CC2)cc1. The quantitative estimate of drug-likeness (QED) is 0.759. The highest BCUT2D eigenvalue weighted by Gasteiger charge is 2.30. The molecule has 1 saturated heterocycles. The molecular formula is C19H29N3O4S. The Morgan fingerprint density at radius 1 is 1.11 bits per heavy atom. The summed E-state index contributed by atoms with van der Waals surface area (Å²) in [7, 11) is -3.55. The Kier molecular flexibility index (Phi) is 7.38. The van der Waals surface area contributed by atoms with Gasteiger partial charge in [0.2, 0.25) is 21.8 Å². The summed E-state index contributed by atoms with van der Waals surface area (Å²) in [5.74, 6) is 0.158. The summed E-state index contributed by atoms with van der Waals surface area (Å²) in [5, 5.41) is 2.59. The number of nitrogens with one attached hydrogen (secondary N) is 1. The minimum absolute atomic E-state index is 0.0706. The van der Waals surface area contributed by atoms with Crippen molar-refractivity contribution in [3.63, 3.8) is 0 Å². The molecule has 2 amide bonds. The van der Waals surface area contributed by atoms with E-state index in [0.29, 0.717) is 30.4 Å². The van der Waals surface area contributed by atoms with Crippen molar-refractivity contribution in [2.75, 3.05) is 32.7 Å². The van der Waals surface area contributed by atoms with E-state index in [1.165, 1.54) is 11.2 Å². The molecule has 0 saturated carbocycles. The number of hydrogen-bond acceptors (Lipinski definition) is 4. The predicted octanol–water partition coefficient (Wildman–Crippen LogP) is 1.56. The van der Waals surface area contributed by atoms with E-state index in [-0.39, 0.29) is 31.3 Å². The van der Waals surface area contributed by atoms with Crippen LogP contribution in [-0.4, -0.2) is 62.2 Å². The van der Waals surface area contributed by atoms with E-state index in [4.69, 9.17) is 0 Å². The first-order valence-electron chi connectivity index (χ1n) is 9.38. The van der Waals surface area contributed by atoms with Crippen LogP contribution in [0, 0.1) is 0 Å². The van der Waals surface area contributed by atoms with Gasteiger partial charge in [0, 0.05) is 46.1 Å². The molecule has 1 aliphatic rings. The van der Waals surface area contributed by atoms with Crippen LogP contribution >= 0.6 is 0 Å². The standard InChI is InChI=1S/C19H29N3O4S/c1-4-15(2)17-5-7-18(8-6-17)27(25,26)22-13-11-21(12-14-22)19(24)9-10-20-16(3)23/h5-8,15H,4,9-14H2,1-3H3,(H,20,23)/t15-/m0/s1. The molecule has 0 unspecified atom stereocenters. The molecule has 7 nitrogen and oxygen atoms in total. The fourth-order valence-corrected chi connectivity index (χ4v) is 4.46. The maximum Gasteiger partial charge on any atom is 0.243 e. The lowest BCUT2D eigenvalue weighted by atomic mass is 9.99. The zero-order valence-corrected chi connectivity index (χ0v) is 17.1. The van der Waals surface area contributed by atoms with Crippen LogP contribution in [0.4, 0.5) is 0 Å². The predicted molar refractivity (Wildman–Crippen MR) is 104 cm³/mol. The molecule has 1 heterocycles. The number of nitrogens with zero attached hydrogens (tertiary/aromatic N) is 2. The van der Waals surface area contributed by atoms with Gasteiger partial charge in [-0.15, -0.1) is 0 Å². The molecule has 1 aliphatic heterocycles. The number of carbonyl (C=O) groups excluding carboxylic acids is 2. The summed E-state index contributed by atoms with van der Waals surface area (Å²) in [6.07, 6.45) is 1.23. The van der Waals surface area contributed by atoms with Crippen molar-refractivity contribution in [3.8, 4) is 0 Å². The minimum Gasteiger partial charge on any atom is -0.356 e. The zero-order chi connectivity index (χ0) is 20.0. The van der Waals surface area contributed by atoms with Crippen LogP contribution in [0.15, 0.2) is 29.2 Å². The fourth-order valence-electron chi connectivity index (χ4n) is 3.03. The topological polar surface area (TPSA) is 86.8 Å². The smallest absolute Gasteiger partial charge is 0.243 e. The van der Waals surface area contributed by atoms with Crippen molar-refractivity contribution in [1.82, 2.24) is 14.5 Å². The first kappa shape index (κ1) is 21.4. The Morgan fingerprint density at radius 3 is 2.22 bits per heavy atom. The molecule has 0 radical (unpaired) electrons. The Morgan fingerprint density at radius 2 is 1.70 bits per heavy atom. The number of sulfonamides is 1. The zero-order valence-electron chi connectivity index (χ0n) is 16.3. The first-order chi connectivity index (χ1) is 12.8. The molecule has 0 bridgehead atoms. The third kappa shape index (κ3) is 5.52. The number of benzene rings is 1. The fraction of sp³-hybridized carbons (Fsp3) is 0.579. The summed E-state index contributed by atoms with van der Waals surface area (Å²) in [6.45, 7) is 7.21. The van der Waals surface area contributed by atoms with E-state index in [1.54, 1.807) is 17.0 Å². The maximum absolute atomic E-state index is 12.8. The van der Waals surface area contributed by atoms with Gasteiger partial charge in [0.05, 0.1) is 4.90 Å². The van der Waals surface area contributed by atoms with Gasteiger partial charge in [0.1, 0.15) is 0 Å². The van der Waals surface area contributed by atoms with Crippen molar-refractivity contribution in [2.24, 2.45) is 0 Å². The van der Waals surface area contributed by atoms with Gasteiger partial charge in [-0.1, -0.05) is 26.0 Å². The normalized spacial score (nSPS) is 16.8. The number of piperazine rings is 1. The minimum atomic E-state index is -3.55. The lowest BCUT2D eigenvalue weighted by molar-refractivity contribution is -0.132. The molecule has 150 valence electrons. The molecule has 0 aliphatic carbocycles. The van der Waals surface area contributed by atoms with Gasteiger partial charge in [-0.2, -0.15) is 4.31 Å². The number of amides is 2. The number of rotatable bonds is 7. The first-order valence-corrected chi connectivity index (χ1v) is 10.8. The highest BCUT2D eigenvalue weighted by Crippen LogP contribution is 2.23. The van der Waals surface area contributed by atoms with Crippen molar-refractivity contribution < 1.29 is 18.0 Å². The average molecular weight is 396 g/mol. The van der Waals surface area contributed by atoms with E-state index in [0.717, 1.165) is 12.0 Å². The Bertz CT molecular complexity index is 754. The van der Waals surface area contributed by atoms with Gasteiger partial charge in [0.15, 0.2) is 0 Å². The highest BCUT2D eigenvalue weighted by atomic mass is 32.2. The number of carbonyl (C=O) groups is 2. The molecular weight excluding hydrogens is 366 g/mol. The van der Waals surface area contributed by atoms with Crippen LogP contribution in [0.5, 0.6) is 0 Å². The maximum atomic E-state index is 12.8. The van der Waals surface area contributed by atoms with Gasteiger partial charge in [-0.25, -0.2) is 8.42 Å². The Labute approximate surface area is 161 Å². The van der Waals surface area contributed by atoms with E-state index in [9.17, 15) is 18.0 Å². The van der Waals surface area contributed by atoms with Crippen LogP contribution < -0.4 is 5.32 Å². The van der Waals surface area contributed by atoms with Crippen molar-refractivity contribution >= 4 is 21.8 Å². The molecule has 1 aromatic rings. The molecule has 0 aromatic heterocycles. The van der Waals surface area contributed by atoms with Gasteiger partial charge < -0.3 is 10.2 Å². The van der Waals surface area contributed by atoms with Crippen molar-refractivity contribution in [1.29, 1.82) is 0 Å². The molecule has 0 spiro atoms. The van der Waals surface area contributed by atoms with E-state index >= 15 is 0 Å². The molecule has 1 fully saturated rings. The Hall–Kier alpha value is -1.93. The summed E-state index contributed by atoms with van der Waals surface area (Å²) in [4.78, 5) is 24.9. The third-order valence-electron chi connectivity index (χ3n) is 5.00. The van der Waals surface area contributed by atoms with Crippen LogP contribution in [0.3, 0.4) is 0 Å². The van der Waals surface area contributed by atoms with E-state index in [2.05, 4.69) is 19.2 Å². The highest BCUT2D eigenvalue weighted by molar-refractivity contribution is 7.89. The molecule has 27 heavy (non-hydrogen) atoms. The van der Waals surface area contributed by atoms with Crippen LogP contribution in [0.1, 0.15) is 45.1 Å². The van der Waals surface area contributed by atoms with E-state index in [1.807, 2.05) is 12.1 Å². The third-order valence-corrected chi connectivity index (χ3v) is 6.92. The van der Waals surface area contributed by atoms with Crippen LogP contribution in [0.25, 0.3) is 0 Å². The largest absolute Gasteiger partial charge is 0.356 e. The lowest BCUT2D eigenvalue weighted by Gasteiger charge is -2.34. The van der Waals surface area contributed by atoms with Crippen molar-refractivity contribution in [2.45, 2.75) is 44.4 Å². The summed E-state index contributed by atoms with van der Waals surface area (Å²) >= 11 is 0. The second kappa shape index (κ2) is 9.32. The van der Waals surface area contributed by atoms with Crippen molar-refractivity contribution in [3.05, 3.63) is 29.8 Å². The van der Waals surface area contributed by atoms with Gasteiger partial charge in [-0.05, 0) is 30.0 Å². The van der Waals surface area contributed by atoms with Crippen LogP contribution in [-0.2, 0) is 19.6 Å². The number of hydrogen-bond donors (Lipinski definition) is 1. The van der Waals surface area contributed by atoms with E-state index < -0.39 is 10.0 Å². The monoisotopic (exact) mass is 395 g/mol. The van der Waals surface area contributed by atoms with Gasteiger partial charge in [0.25, 0.3) is 0 Å². The average Bonchev–Trinajstić information content (AvgIpc) is 2.67. The molecule has 8 heteroatoms. The second-order valence-corrected chi connectivity index (χ2v) is 8.83. The second-order valence-electron chi connectivity index (χ2n) is 6.90. The van der Waals surface area contributed by atoms with Gasteiger partial charge in [-0.3, -0.25) is 9.59 Å².